The van der Waals surface area contributed by atoms with Gasteiger partial charge in [-0.15, -0.1) is 0 Å². The molecule has 0 radical (unpaired) electrons. The first-order valence-electron chi connectivity index (χ1n) is 7.68. The van der Waals surface area contributed by atoms with Crippen LogP contribution in [0.5, 0.6) is 0 Å². The van der Waals surface area contributed by atoms with Gasteiger partial charge in [0, 0.05) is 6.42 Å². The van der Waals surface area contributed by atoms with Gasteiger partial charge in [0.25, 0.3) is 0 Å². The van der Waals surface area contributed by atoms with Gasteiger partial charge in [0.05, 0.1) is 6.54 Å². The largest absolute Gasteiger partial charge is 0.480 e. The summed E-state index contributed by atoms with van der Waals surface area (Å²) in [6.45, 7) is 2.97. The highest BCUT2D eigenvalue weighted by Gasteiger charge is 2.32. The predicted molar refractivity (Wildman–Crippen MR) is 78.7 cm³/mol. The Labute approximate surface area is 125 Å². The highest BCUT2D eigenvalue weighted by molar-refractivity contribution is 5.89. The summed E-state index contributed by atoms with van der Waals surface area (Å²) in [6.07, 6.45) is 6.47. The van der Waals surface area contributed by atoms with E-state index in [1.807, 2.05) is 0 Å². The summed E-state index contributed by atoms with van der Waals surface area (Å²) in [5.41, 5.74) is -1.29. The standard InChI is InChI=1S/C15H26N2O4/c1-3-15(2,14(20)21)17-13(19)10-16-12(18)9-8-11-6-4-5-7-11/h11H,3-10H2,1-2H3,(H,16,18)(H,17,19)(H,20,21). The van der Waals surface area contributed by atoms with E-state index in [1.165, 1.54) is 32.6 Å². The van der Waals surface area contributed by atoms with E-state index < -0.39 is 17.4 Å². The van der Waals surface area contributed by atoms with Crippen LogP contribution in [-0.4, -0.2) is 35.0 Å². The topological polar surface area (TPSA) is 95.5 Å². The Morgan fingerprint density at radius 3 is 2.33 bits per heavy atom. The Morgan fingerprint density at radius 2 is 1.81 bits per heavy atom. The molecule has 0 bridgehead atoms. The zero-order valence-corrected chi connectivity index (χ0v) is 12.9. The molecule has 21 heavy (non-hydrogen) atoms. The third-order valence-electron chi connectivity index (χ3n) is 4.29. The first kappa shape index (κ1) is 17.5. The Morgan fingerprint density at radius 1 is 1.19 bits per heavy atom. The summed E-state index contributed by atoms with van der Waals surface area (Å²) < 4.78 is 0. The summed E-state index contributed by atoms with van der Waals surface area (Å²) in [6, 6.07) is 0. The second kappa shape index (κ2) is 8.00. The third kappa shape index (κ3) is 5.73. The summed E-state index contributed by atoms with van der Waals surface area (Å²) >= 11 is 0. The van der Waals surface area contributed by atoms with E-state index in [1.54, 1.807) is 6.92 Å². The smallest absolute Gasteiger partial charge is 0.329 e. The SMILES string of the molecule is CCC(C)(NC(=O)CNC(=O)CCC1CCCC1)C(=O)O. The number of carboxylic acids is 1. The van der Waals surface area contributed by atoms with E-state index in [0.717, 1.165) is 6.42 Å². The maximum absolute atomic E-state index is 11.7. The van der Waals surface area contributed by atoms with Gasteiger partial charge in [-0.3, -0.25) is 9.59 Å². The molecule has 0 aromatic heterocycles. The van der Waals surface area contributed by atoms with Crippen LogP contribution in [0.15, 0.2) is 0 Å². The number of aliphatic carboxylic acids is 1. The van der Waals surface area contributed by atoms with E-state index in [-0.39, 0.29) is 18.9 Å². The lowest BCUT2D eigenvalue weighted by molar-refractivity contribution is -0.146. The number of rotatable bonds is 8. The Kier molecular flexibility index (Phi) is 6.65. The number of carbonyl (C=O) groups is 3. The van der Waals surface area contributed by atoms with Crippen molar-refractivity contribution < 1.29 is 19.5 Å². The number of carbonyl (C=O) groups excluding carboxylic acids is 2. The molecule has 0 aromatic carbocycles. The van der Waals surface area contributed by atoms with Crippen LogP contribution in [0, 0.1) is 5.92 Å². The lowest BCUT2D eigenvalue weighted by Crippen LogP contribution is -2.54. The second-order valence-electron chi connectivity index (χ2n) is 6.00. The molecule has 1 aliphatic rings. The van der Waals surface area contributed by atoms with E-state index in [9.17, 15) is 14.4 Å². The molecule has 6 heteroatoms. The van der Waals surface area contributed by atoms with Crippen LogP contribution in [0.4, 0.5) is 0 Å². The molecule has 0 aromatic rings. The quantitative estimate of drug-likeness (QED) is 0.632. The first-order chi connectivity index (χ1) is 9.87. The van der Waals surface area contributed by atoms with Gasteiger partial charge in [0.1, 0.15) is 5.54 Å². The van der Waals surface area contributed by atoms with Gasteiger partial charge < -0.3 is 15.7 Å². The molecule has 3 N–H and O–H groups in total. The van der Waals surface area contributed by atoms with E-state index in [2.05, 4.69) is 10.6 Å². The molecule has 1 atom stereocenters. The average molecular weight is 298 g/mol. The average Bonchev–Trinajstić information content (AvgIpc) is 2.95. The van der Waals surface area contributed by atoms with E-state index in [4.69, 9.17) is 5.11 Å². The van der Waals surface area contributed by atoms with Gasteiger partial charge in [0.2, 0.25) is 11.8 Å². The fraction of sp³-hybridized carbons (Fsp3) is 0.800. The molecule has 120 valence electrons. The van der Waals surface area contributed by atoms with Crippen molar-refractivity contribution in [1.82, 2.24) is 10.6 Å². The third-order valence-corrected chi connectivity index (χ3v) is 4.29. The summed E-state index contributed by atoms with van der Waals surface area (Å²) in [5, 5.41) is 14.1. The van der Waals surface area contributed by atoms with Crippen molar-refractivity contribution in [3.05, 3.63) is 0 Å². The zero-order chi connectivity index (χ0) is 15.9. The number of hydrogen-bond acceptors (Lipinski definition) is 3. The van der Waals surface area contributed by atoms with Gasteiger partial charge in [-0.1, -0.05) is 32.6 Å². The van der Waals surface area contributed by atoms with Crippen LogP contribution in [-0.2, 0) is 14.4 Å². The molecule has 0 spiro atoms. The minimum Gasteiger partial charge on any atom is -0.480 e. The Balaban J connectivity index is 2.25. The molecule has 1 unspecified atom stereocenters. The number of nitrogens with one attached hydrogen (secondary N) is 2. The molecule has 0 aliphatic heterocycles. The van der Waals surface area contributed by atoms with Crippen LogP contribution < -0.4 is 10.6 Å². The van der Waals surface area contributed by atoms with Gasteiger partial charge in [-0.25, -0.2) is 4.79 Å². The molecule has 1 rings (SSSR count). The van der Waals surface area contributed by atoms with Crippen LogP contribution >= 0.6 is 0 Å². The van der Waals surface area contributed by atoms with Gasteiger partial charge in [-0.05, 0) is 25.7 Å². The van der Waals surface area contributed by atoms with Gasteiger partial charge in [0.15, 0.2) is 0 Å². The van der Waals surface area contributed by atoms with Gasteiger partial charge in [-0.2, -0.15) is 0 Å². The summed E-state index contributed by atoms with van der Waals surface area (Å²) in [4.78, 5) is 34.4. The maximum Gasteiger partial charge on any atom is 0.329 e. The van der Waals surface area contributed by atoms with Crippen LogP contribution in [0.1, 0.15) is 58.8 Å². The normalized spacial score (nSPS) is 18.0. The molecular formula is C15H26N2O4. The molecule has 1 aliphatic carbocycles. The molecule has 2 amide bonds. The molecule has 6 nitrogen and oxygen atoms in total. The number of hydrogen-bond donors (Lipinski definition) is 3. The Bertz CT molecular complexity index is 391. The number of carboxylic acid groups (broad SMARTS) is 1. The van der Waals surface area contributed by atoms with Crippen LogP contribution in [0.3, 0.4) is 0 Å². The summed E-state index contributed by atoms with van der Waals surface area (Å²) in [5.74, 6) is -1.06. The van der Waals surface area contributed by atoms with Gasteiger partial charge >= 0.3 is 5.97 Å². The minimum atomic E-state index is -1.29. The predicted octanol–water partition coefficient (Wildman–Crippen LogP) is 1.44. The lowest BCUT2D eigenvalue weighted by Gasteiger charge is -2.24. The monoisotopic (exact) mass is 298 g/mol. The molecule has 1 fully saturated rings. The zero-order valence-electron chi connectivity index (χ0n) is 12.9. The van der Waals surface area contributed by atoms with Crippen molar-refractivity contribution in [2.24, 2.45) is 5.92 Å². The van der Waals surface area contributed by atoms with Crippen molar-refractivity contribution >= 4 is 17.8 Å². The fourth-order valence-electron chi connectivity index (χ4n) is 2.55. The number of amides is 2. The van der Waals surface area contributed by atoms with Crippen molar-refractivity contribution in [3.63, 3.8) is 0 Å². The van der Waals surface area contributed by atoms with Crippen molar-refractivity contribution in [3.8, 4) is 0 Å². The lowest BCUT2D eigenvalue weighted by atomic mass is 9.99. The van der Waals surface area contributed by atoms with E-state index >= 15 is 0 Å². The van der Waals surface area contributed by atoms with Crippen molar-refractivity contribution in [1.29, 1.82) is 0 Å². The summed E-state index contributed by atoms with van der Waals surface area (Å²) in [7, 11) is 0. The molecule has 0 saturated heterocycles. The van der Waals surface area contributed by atoms with Crippen LogP contribution in [0.25, 0.3) is 0 Å². The Hall–Kier alpha value is -1.59. The van der Waals surface area contributed by atoms with Crippen molar-refractivity contribution in [2.75, 3.05) is 6.54 Å². The minimum absolute atomic E-state index is 0.148. The maximum atomic E-state index is 11.7. The molecule has 1 saturated carbocycles. The van der Waals surface area contributed by atoms with Crippen molar-refractivity contribution in [2.45, 2.75) is 64.3 Å². The molecule has 0 heterocycles. The highest BCUT2D eigenvalue weighted by Crippen LogP contribution is 2.28. The second-order valence-corrected chi connectivity index (χ2v) is 6.00. The van der Waals surface area contributed by atoms with Crippen LogP contribution in [0.2, 0.25) is 0 Å². The first-order valence-corrected chi connectivity index (χ1v) is 7.68. The fourth-order valence-corrected chi connectivity index (χ4v) is 2.55. The highest BCUT2D eigenvalue weighted by atomic mass is 16.4. The molecular weight excluding hydrogens is 272 g/mol. The van der Waals surface area contributed by atoms with E-state index in [0.29, 0.717) is 12.3 Å².